The van der Waals surface area contributed by atoms with Crippen molar-refractivity contribution in [2.75, 3.05) is 11.9 Å². The van der Waals surface area contributed by atoms with Crippen LogP contribution in [0.25, 0.3) is 0 Å². The summed E-state index contributed by atoms with van der Waals surface area (Å²) in [5.41, 5.74) is 1.18. The Bertz CT molecular complexity index is 761. The summed E-state index contributed by atoms with van der Waals surface area (Å²) in [6.45, 7) is 9.65. The highest BCUT2D eigenvalue weighted by Crippen LogP contribution is 2.19. The van der Waals surface area contributed by atoms with Crippen LogP contribution in [0.3, 0.4) is 0 Å². The molecule has 7 heteroatoms. The molecule has 2 aromatic carbocycles. The Kier molecular flexibility index (Phi) is 10.2. The van der Waals surface area contributed by atoms with Crippen LogP contribution in [0.15, 0.2) is 61.2 Å². The average Bonchev–Trinajstić information content (AvgIpc) is 2.67. The van der Waals surface area contributed by atoms with Crippen LogP contribution in [0.5, 0.6) is 11.5 Å². The molecule has 6 nitrogen and oxygen atoms in total. The highest BCUT2D eigenvalue weighted by molar-refractivity contribution is 6.04. The molecule has 1 amide bonds. The molecule has 0 bridgehead atoms. The molecule has 0 radical (unpaired) electrons. The van der Waals surface area contributed by atoms with E-state index in [2.05, 4.69) is 17.2 Å². The van der Waals surface area contributed by atoms with E-state index in [9.17, 15) is 9.90 Å². The number of hydrogen-bond donors (Lipinski definition) is 3. The molecule has 158 valence electrons. The van der Waals surface area contributed by atoms with E-state index in [0.29, 0.717) is 29.4 Å². The number of carbonyl (C=O) groups excluding carboxylic acids is 1. The number of nitrogens with one attached hydrogen (secondary N) is 2. The third-order valence-electron chi connectivity index (χ3n) is 3.80. The standard InChI is InChI=1S/C22H28N2O4.ClH/c1-5-14-27-19-10-6-17(7-11-19)21(26)24-18-8-12-20(13-9-18)28-22(16(4)25)23-15(2)3;/h5-13,15-16,22-23,25H,1,14H2,2-4H3,(H,24,26);1H. The van der Waals surface area contributed by atoms with Crippen molar-refractivity contribution in [3.8, 4) is 11.5 Å². The van der Waals surface area contributed by atoms with Gasteiger partial charge in [0.2, 0.25) is 0 Å². The minimum atomic E-state index is -0.666. The van der Waals surface area contributed by atoms with Gasteiger partial charge in [-0.1, -0.05) is 12.7 Å². The number of benzene rings is 2. The first-order valence-corrected chi connectivity index (χ1v) is 9.25. The second-order valence-electron chi connectivity index (χ2n) is 6.70. The van der Waals surface area contributed by atoms with Crippen LogP contribution < -0.4 is 20.1 Å². The summed E-state index contributed by atoms with van der Waals surface area (Å²) in [6.07, 6.45) is 0.485. The molecule has 0 heterocycles. The van der Waals surface area contributed by atoms with E-state index < -0.39 is 12.3 Å². The molecule has 0 saturated heterocycles. The molecule has 3 N–H and O–H groups in total. The van der Waals surface area contributed by atoms with Gasteiger partial charge in [-0.3, -0.25) is 10.1 Å². The van der Waals surface area contributed by atoms with E-state index in [0.717, 1.165) is 0 Å². The Morgan fingerprint density at radius 3 is 2.17 bits per heavy atom. The van der Waals surface area contributed by atoms with Crippen LogP contribution in [-0.4, -0.2) is 36.0 Å². The molecule has 0 aromatic heterocycles. The highest BCUT2D eigenvalue weighted by Gasteiger charge is 2.17. The summed E-state index contributed by atoms with van der Waals surface area (Å²) in [4.78, 5) is 12.4. The maximum Gasteiger partial charge on any atom is 0.255 e. The molecule has 0 aliphatic carbocycles. The van der Waals surface area contributed by atoms with E-state index in [1.807, 2.05) is 13.8 Å². The van der Waals surface area contributed by atoms with Gasteiger partial charge in [0.05, 0.1) is 0 Å². The number of hydrogen-bond acceptors (Lipinski definition) is 5. The zero-order valence-corrected chi connectivity index (χ0v) is 17.7. The molecule has 0 fully saturated rings. The Labute approximate surface area is 178 Å². The largest absolute Gasteiger partial charge is 0.490 e. The topological polar surface area (TPSA) is 79.8 Å². The van der Waals surface area contributed by atoms with Gasteiger partial charge >= 0.3 is 0 Å². The van der Waals surface area contributed by atoms with Crippen LogP contribution >= 0.6 is 12.4 Å². The summed E-state index contributed by atoms with van der Waals surface area (Å²) in [5.74, 6) is 1.06. The Morgan fingerprint density at radius 2 is 1.66 bits per heavy atom. The number of ether oxygens (including phenoxy) is 2. The van der Waals surface area contributed by atoms with Gasteiger partial charge in [-0.05, 0) is 69.3 Å². The van der Waals surface area contributed by atoms with Gasteiger partial charge in [0.1, 0.15) is 24.2 Å². The van der Waals surface area contributed by atoms with E-state index in [1.165, 1.54) is 0 Å². The molecule has 2 atom stereocenters. The fraction of sp³-hybridized carbons (Fsp3) is 0.318. The molecule has 0 aliphatic heterocycles. The van der Waals surface area contributed by atoms with Crippen molar-refractivity contribution >= 4 is 24.0 Å². The van der Waals surface area contributed by atoms with Crippen LogP contribution in [0.4, 0.5) is 5.69 Å². The molecule has 29 heavy (non-hydrogen) atoms. The predicted molar refractivity (Wildman–Crippen MR) is 118 cm³/mol. The number of amides is 1. The SMILES string of the molecule is C=CCOc1ccc(C(=O)Nc2ccc(OC(NC(C)C)C(C)O)cc2)cc1.Cl. The van der Waals surface area contributed by atoms with Gasteiger partial charge in [0.15, 0.2) is 6.23 Å². The van der Waals surface area contributed by atoms with Crippen molar-refractivity contribution in [3.05, 3.63) is 66.7 Å². The van der Waals surface area contributed by atoms with E-state index in [4.69, 9.17) is 9.47 Å². The third kappa shape index (κ3) is 8.15. The number of aliphatic hydroxyl groups is 1. The Morgan fingerprint density at radius 1 is 1.07 bits per heavy atom. The summed E-state index contributed by atoms with van der Waals surface area (Å²) in [7, 11) is 0. The van der Waals surface area contributed by atoms with Gasteiger partial charge in [-0.25, -0.2) is 0 Å². The fourth-order valence-electron chi connectivity index (χ4n) is 2.42. The van der Waals surface area contributed by atoms with E-state index in [-0.39, 0.29) is 24.4 Å². The average molecular weight is 421 g/mol. The van der Waals surface area contributed by atoms with E-state index in [1.54, 1.807) is 61.5 Å². The molecule has 0 spiro atoms. The lowest BCUT2D eigenvalue weighted by Gasteiger charge is -2.25. The monoisotopic (exact) mass is 420 g/mol. The van der Waals surface area contributed by atoms with Gasteiger partial charge in [0, 0.05) is 17.3 Å². The Balaban J connectivity index is 0.00000420. The van der Waals surface area contributed by atoms with Gasteiger partial charge in [0.25, 0.3) is 5.91 Å². The maximum absolute atomic E-state index is 12.4. The van der Waals surface area contributed by atoms with Crippen LogP contribution in [0.2, 0.25) is 0 Å². The molecule has 0 aliphatic rings. The minimum absolute atomic E-state index is 0. The lowest BCUT2D eigenvalue weighted by atomic mass is 10.2. The van der Waals surface area contributed by atoms with Crippen molar-refractivity contribution < 1.29 is 19.4 Å². The second kappa shape index (κ2) is 12.1. The second-order valence-corrected chi connectivity index (χ2v) is 6.70. The maximum atomic E-state index is 12.4. The number of aliphatic hydroxyl groups excluding tert-OH is 1. The lowest BCUT2D eigenvalue weighted by Crippen LogP contribution is -2.46. The van der Waals surface area contributed by atoms with E-state index >= 15 is 0 Å². The lowest BCUT2D eigenvalue weighted by molar-refractivity contribution is 0.0218. The number of rotatable bonds is 10. The summed E-state index contributed by atoms with van der Waals surface area (Å²) >= 11 is 0. The quantitative estimate of drug-likeness (QED) is 0.399. The van der Waals surface area contributed by atoms with Gasteiger partial charge in [-0.15, -0.1) is 12.4 Å². The summed E-state index contributed by atoms with van der Waals surface area (Å²) in [5, 5.41) is 15.8. The van der Waals surface area contributed by atoms with Crippen molar-refractivity contribution in [1.82, 2.24) is 5.32 Å². The molecular formula is C22H29ClN2O4. The molecular weight excluding hydrogens is 392 g/mol. The first-order valence-electron chi connectivity index (χ1n) is 9.25. The zero-order chi connectivity index (χ0) is 20.5. The fourth-order valence-corrected chi connectivity index (χ4v) is 2.42. The molecule has 2 rings (SSSR count). The van der Waals surface area contributed by atoms with Crippen LogP contribution in [-0.2, 0) is 0 Å². The minimum Gasteiger partial charge on any atom is -0.490 e. The van der Waals surface area contributed by atoms with Crippen molar-refractivity contribution in [3.63, 3.8) is 0 Å². The number of carbonyl (C=O) groups is 1. The highest BCUT2D eigenvalue weighted by atomic mass is 35.5. The molecule has 0 saturated carbocycles. The molecule has 2 unspecified atom stereocenters. The van der Waals surface area contributed by atoms with Crippen LogP contribution in [0.1, 0.15) is 31.1 Å². The third-order valence-corrected chi connectivity index (χ3v) is 3.80. The summed E-state index contributed by atoms with van der Waals surface area (Å²) < 4.78 is 11.2. The molecule has 2 aromatic rings. The first kappa shape index (κ1) is 24.5. The predicted octanol–water partition coefficient (Wildman–Crippen LogP) is 4.01. The number of halogens is 1. The van der Waals surface area contributed by atoms with Crippen LogP contribution in [0, 0.1) is 0 Å². The normalized spacial score (nSPS) is 12.4. The van der Waals surface area contributed by atoms with Gasteiger partial charge < -0.3 is 19.9 Å². The zero-order valence-electron chi connectivity index (χ0n) is 16.9. The van der Waals surface area contributed by atoms with Crippen molar-refractivity contribution in [2.45, 2.75) is 39.1 Å². The van der Waals surface area contributed by atoms with Gasteiger partial charge in [-0.2, -0.15) is 0 Å². The number of anilines is 1. The first-order chi connectivity index (χ1) is 13.4. The van der Waals surface area contributed by atoms with Crippen molar-refractivity contribution in [1.29, 1.82) is 0 Å². The van der Waals surface area contributed by atoms with Crippen molar-refractivity contribution in [2.24, 2.45) is 0 Å². The Hall–Kier alpha value is -2.54. The smallest absolute Gasteiger partial charge is 0.255 e. The summed E-state index contributed by atoms with van der Waals surface area (Å²) in [6, 6.07) is 14.1.